The molecule has 1 amide bonds. The number of likely N-dealkylation sites (N-methyl/N-ethyl adjacent to an activating group) is 1. The molecule has 7 heteroatoms. The standard InChI is InChI=1S/C15H19N3OS.2ClH/c1-11-17-13(10-20-11)9-18(2)15(19)14(16)8-12-6-4-3-5-7-12;;/h3-7,10,14H,8-9,16H2,1-2H3;2*1H. The van der Waals surface area contributed by atoms with Gasteiger partial charge in [-0.15, -0.1) is 36.2 Å². The lowest BCUT2D eigenvalue weighted by Crippen LogP contribution is -2.42. The van der Waals surface area contributed by atoms with Crippen molar-refractivity contribution in [1.82, 2.24) is 9.88 Å². The van der Waals surface area contributed by atoms with E-state index >= 15 is 0 Å². The fourth-order valence-corrected chi connectivity index (χ4v) is 2.64. The summed E-state index contributed by atoms with van der Waals surface area (Å²) >= 11 is 1.59. The molecule has 1 atom stereocenters. The van der Waals surface area contributed by atoms with Crippen LogP contribution in [0.2, 0.25) is 0 Å². The van der Waals surface area contributed by atoms with Crippen LogP contribution < -0.4 is 5.73 Å². The van der Waals surface area contributed by atoms with Crippen molar-refractivity contribution in [3.8, 4) is 0 Å². The second-order valence-electron chi connectivity index (χ2n) is 4.85. The number of rotatable bonds is 5. The van der Waals surface area contributed by atoms with Crippen LogP contribution in [-0.2, 0) is 17.8 Å². The lowest BCUT2D eigenvalue weighted by atomic mass is 10.1. The number of carbonyl (C=O) groups excluding carboxylic acids is 1. The summed E-state index contributed by atoms with van der Waals surface area (Å²) in [7, 11) is 1.77. The summed E-state index contributed by atoms with van der Waals surface area (Å²) in [5, 5.41) is 2.98. The monoisotopic (exact) mass is 361 g/mol. The fraction of sp³-hybridized carbons (Fsp3) is 0.333. The molecular formula is C15H21Cl2N3OS. The molecule has 2 N–H and O–H groups in total. The molecule has 0 saturated carbocycles. The summed E-state index contributed by atoms with van der Waals surface area (Å²) in [4.78, 5) is 18.2. The van der Waals surface area contributed by atoms with E-state index in [-0.39, 0.29) is 30.7 Å². The zero-order chi connectivity index (χ0) is 14.5. The molecule has 0 saturated heterocycles. The van der Waals surface area contributed by atoms with Crippen molar-refractivity contribution in [2.45, 2.75) is 25.9 Å². The number of aromatic nitrogens is 1. The van der Waals surface area contributed by atoms with E-state index in [9.17, 15) is 4.79 Å². The summed E-state index contributed by atoms with van der Waals surface area (Å²) in [6, 6.07) is 9.31. The third kappa shape index (κ3) is 5.93. The molecule has 1 heterocycles. The van der Waals surface area contributed by atoms with Gasteiger partial charge in [-0.1, -0.05) is 30.3 Å². The highest BCUT2D eigenvalue weighted by atomic mass is 35.5. The minimum atomic E-state index is -0.512. The Morgan fingerprint density at radius 1 is 1.32 bits per heavy atom. The van der Waals surface area contributed by atoms with Gasteiger partial charge in [-0.3, -0.25) is 4.79 Å². The number of aryl methyl sites for hydroxylation is 1. The number of benzene rings is 1. The van der Waals surface area contributed by atoms with Gasteiger partial charge in [0.15, 0.2) is 0 Å². The number of hydrogen-bond acceptors (Lipinski definition) is 4. The summed E-state index contributed by atoms with van der Waals surface area (Å²) in [5.41, 5.74) is 7.99. The van der Waals surface area contributed by atoms with Gasteiger partial charge in [0, 0.05) is 12.4 Å². The minimum Gasteiger partial charge on any atom is -0.338 e. The van der Waals surface area contributed by atoms with Gasteiger partial charge < -0.3 is 10.6 Å². The predicted octanol–water partition coefficient (Wildman–Crippen LogP) is 2.82. The number of amides is 1. The maximum absolute atomic E-state index is 12.2. The van der Waals surface area contributed by atoms with Gasteiger partial charge in [0.2, 0.25) is 5.91 Å². The maximum atomic E-state index is 12.2. The smallest absolute Gasteiger partial charge is 0.239 e. The predicted molar refractivity (Wildman–Crippen MR) is 95.9 cm³/mol. The number of nitrogens with zero attached hydrogens (tertiary/aromatic N) is 2. The van der Waals surface area contributed by atoms with Crippen molar-refractivity contribution in [2.24, 2.45) is 5.73 Å². The first-order valence-electron chi connectivity index (χ1n) is 6.51. The fourth-order valence-electron chi connectivity index (χ4n) is 2.04. The number of thiazole rings is 1. The molecule has 0 bridgehead atoms. The molecule has 0 fully saturated rings. The molecule has 1 unspecified atom stereocenters. The second-order valence-corrected chi connectivity index (χ2v) is 5.91. The first kappa shape index (κ1) is 20.9. The SMILES string of the molecule is Cc1nc(CN(C)C(=O)C(N)Cc2ccccc2)cs1.Cl.Cl. The molecule has 0 aliphatic carbocycles. The minimum absolute atomic E-state index is 0. The Morgan fingerprint density at radius 2 is 1.95 bits per heavy atom. The van der Waals surface area contributed by atoms with Crippen LogP contribution >= 0.6 is 36.2 Å². The van der Waals surface area contributed by atoms with E-state index in [0.29, 0.717) is 13.0 Å². The van der Waals surface area contributed by atoms with Crippen LogP contribution in [0.3, 0.4) is 0 Å². The number of carbonyl (C=O) groups is 1. The van der Waals surface area contributed by atoms with E-state index in [4.69, 9.17) is 5.73 Å². The summed E-state index contributed by atoms with van der Waals surface area (Å²) in [6.07, 6.45) is 0.556. The zero-order valence-electron chi connectivity index (χ0n) is 12.6. The topological polar surface area (TPSA) is 59.2 Å². The first-order valence-corrected chi connectivity index (χ1v) is 7.39. The third-order valence-electron chi connectivity index (χ3n) is 3.06. The van der Waals surface area contributed by atoms with Gasteiger partial charge >= 0.3 is 0 Å². The highest BCUT2D eigenvalue weighted by Gasteiger charge is 2.19. The van der Waals surface area contributed by atoms with Crippen LogP contribution in [0.1, 0.15) is 16.3 Å². The lowest BCUT2D eigenvalue weighted by Gasteiger charge is -2.20. The van der Waals surface area contributed by atoms with Crippen molar-refractivity contribution >= 4 is 42.1 Å². The Morgan fingerprint density at radius 3 is 2.50 bits per heavy atom. The van der Waals surface area contributed by atoms with E-state index in [1.54, 1.807) is 23.3 Å². The van der Waals surface area contributed by atoms with Crippen molar-refractivity contribution in [2.75, 3.05) is 7.05 Å². The molecule has 122 valence electrons. The maximum Gasteiger partial charge on any atom is 0.239 e. The van der Waals surface area contributed by atoms with E-state index in [2.05, 4.69) is 4.98 Å². The zero-order valence-corrected chi connectivity index (χ0v) is 15.0. The molecule has 2 aromatic rings. The third-order valence-corrected chi connectivity index (χ3v) is 3.88. The van der Waals surface area contributed by atoms with Crippen LogP contribution in [0, 0.1) is 6.92 Å². The van der Waals surface area contributed by atoms with Gasteiger partial charge in [-0.05, 0) is 18.9 Å². The molecule has 0 spiro atoms. The number of halogens is 2. The highest BCUT2D eigenvalue weighted by Crippen LogP contribution is 2.11. The summed E-state index contributed by atoms with van der Waals surface area (Å²) in [5.74, 6) is -0.0560. The van der Waals surface area contributed by atoms with Crippen LogP contribution in [0.5, 0.6) is 0 Å². The molecule has 4 nitrogen and oxygen atoms in total. The normalized spacial score (nSPS) is 11.0. The average Bonchev–Trinajstić information content (AvgIpc) is 2.84. The first-order chi connectivity index (χ1) is 9.56. The van der Waals surface area contributed by atoms with Crippen molar-refractivity contribution in [1.29, 1.82) is 0 Å². The van der Waals surface area contributed by atoms with Gasteiger partial charge in [-0.2, -0.15) is 0 Å². The molecule has 0 aliphatic heterocycles. The van der Waals surface area contributed by atoms with Crippen LogP contribution in [0.15, 0.2) is 35.7 Å². The van der Waals surface area contributed by atoms with Crippen LogP contribution in [-0.4, -0.2) is 28.9 Å². The largest absolute Gasteiger partial charge is 0.338 e. The molecule has 1 aromatic heterocycles. The van der Waals surface area contributed by atoms with Crippen LogP contribution in [0.4, 0.5) is 0 Å². The molecular weight excluding hydrogens is 341 g/mol. The van der Waals surface area contributed by atoms with Gasteiger partial charge in [-0.25, -0.2) is 4.98 Å². The lowest BCUT2D eigenvalue weighted by molar-refractivity contribution is -0.131. The number of nitrogens with two attached hydrogens (primary N) is 1. The second kappa shape index (κ2) is 9.79. The Hall–Kier alpha value is -1.14. The van der Waals surface area contributed by atoms with E-state index < -0.39 is 6.04 Å². The Kier molecular flexibility index (Phi) is 9.28. The molecule has 2 rings (SSSR count). The van der Waals surface area contributed by atoms with E-state index in [1.807, 2.05) is 42.6 Å². The summed E-state index contributed by atoms with van der Waals surface area (Å²) in [6.45, 7) is 2.46. The number of hydrogen-bond donors (Lipinski definition) is 1. The molecule has 1 aromatic carbocycles. The van der Waals surface area contributed by atoms with Crippen molar-refractivity contribution in [3.63, 3.8) is 0 Å². The van der Waals surface area contributed by atoms with Crippen molar-refractivity contribution in [3.05, 3.63) is 52.0 Å². The summed E-state index contributed by atoms with van der Waals surface area (Å²) < 4.78 is 0. The quantitative estimate of drug-likeness (QED) is 0.890. The Labute approximate surface area is 147 Å². The average molecular weight is 362 g/mol. The van der Waals surface area contributed by atoms with Gasteiger partial charge in [0.1, 0.15) is 0 Å². The Balaban J connectivity index is 0.00000220. The van der Waals surface area contributed by atoms with Crippen molar-refractivity contribution < 1.29 is 4.79 Å². The van der Waals surface area contributed by atoms with Gasteiger partial charge in [0.05, 0.1) is 23.3 Å². The highest BCUT2D eigenvalue weighted by molar-refractivity contribution is 7.09. The molecule has 0 aliphatic rings. The van der Waals surface area contributed by atoms with E-state index in [1.165, 1.54) is 0 Å². The molecule has 0 radical (unpaired) electrons. The van der Waals surface area contributed by atoms with Crippen LogP contribution in [0.25, 0.3) is 0 Å². The molecule has 22 heavy (non-hydrogen) atoms. The van der Waals surface area contributed by atoms with Gasteiger partial charge in [0.25, 0.3) is 0 Å². The Bertz CT molecular complexity index is 577. The van der Waals surface area contributed by atoms with E-state index in [0.717, 1.165) is 16.3 Å².